The highest BCUT2D eigenvalue weighted by atomic mass is 79.9. The molecule has 0 bridgehead atoms. The van der Waals surface area contributed by atoms with E-state index in [2.05, 4.69) is 22.9 Å². The lowest BCUT2D eigenvalue weighted by molar-refractivity contribution is -0.127. The van der Waals surface area contributed by atoms with Gasteiger partial charge in [-0.2, -0.15) is 0 Å². The molecule has 1 aliphatic rings. The van der Waals surface area contributed by atoms with Crippen LogP contribution in [0, 0.1) is 5.41 Å². The first-order chi connectivity index (χ1) is 8.41. The second kappa shape index (κ2) is 5.05. The van der Waals surface area contributed by atoms with Crippen LogP contribution in [0.4, 0.5) is 0 Å². The van der Waals surface area contributed by atoms with Gasteiger partial charge in [0.25, 0.3) is 0 Å². The molecule has 0 aromatic carbocycles. The number of ether oxygens (including phenoxy) is 2. The summed E-state index contributed by atoms with van der Waals surface area (Å²) in [5.41, 5.74) is 0.572. The van der Waals surface area contributed by atoms with Gasteiger partial charge in [0.2, 0.25) is 0 Å². The predicted molar refractivity (Wildman–Crippen MR) is 71.7 cm³/mol. The van der Waals surface area contributed by atoms with Crippen molar-refractivity contribution in [1.82, 2.24) is 4.57 Å². The van der Waals surface area contributed by atoms with Crippen LogP contribution in [0.5, 0.6) is 0 Å². The van der Waals surface area contributed by atoms with Gasteiger partial charge in [-0.05, 0) is 35.8 Å². The maximum atomic E-state index is 12.1. The molecule has 0 aliphatic carbocycles. The van der Waals surface area contributed by atoms with Gasteiger partial charge in [0.05, 0.1) is 13.2 Å². The van der Waals surface area contributed by atoms with Gasteiger partial charge < -0.3 is 14.0 Å². The molecule has 5 heteroatoms. The number of esters is 1. The molecule has 100 valence electrons. The molecule has 0 amide bonds. The SMILES string of the molecule is CC(C)n1cc(Br)cc1C(=O)OCC1(C)COC1. The fourth-order valence-electron chi connectivity index (χ4n) is 1.88. The lowest BCUT2D eigenvalue weighted by Gasteiger charge is -2.37. The molecule has 18 heavy (non-hydrogen) atoms. The van der Waals surface area contributed by atoms with Gasteiger partial charge in [-0.15, -0.1) is 0 Å². The van der Waals surface area contributed by atoms with Crippen molar-refractivity contribution in [3.63, 3.8) is 0 Å². The maximum absolute atomic E-state index is 12.1. The largest absolute Gasteiger partial charge is 0.460 e. The number of carbonyl (C=O) groups is 1. The Labute approximate surface area is 115 Å². The van der Waals surface area contributed by atoms with Crippen LogP contribution in [0.2, 0.25) is 0 Å². The Kier molecular flexibility index (Phi) is 3.82. The van der Waals surface area contributed by atoms with Crippen molar-refractivity contribution in [2.24, 2.45) is 5.41 Å². The van der Waals surface area contributed by atoms with Crippen molar-refractivity contribution in [3.8, 4) is 0 Å². The fourth-order valence-corrected chi connectivity index (χ4v) is 2.32. The Morgan fingerprint density at radius 1 is 1.61 bits per heavy atom. The van der Waals surface area contributed by atoms with Crippen molar-refractivity contribution in [2.75, 3.05) is 19.8 Å². The van der Waals surface area contributed by atoms with E-state index in [1.165, 1.54) is 0 Å². The molecule has 0 spiro atoms. The van der Waals surface area contributed by atoms with Gasteiger partial charge >= 0.3 is 5.97 Å². The number of nitrogens with zero attached hydrogens (tertiary/aromatic N) is 1. The molecule has 0 radical (unpaired) electrons. The van der Waals surface area contributed by atoms with E-state index in [9.17, 15) is 4.79 Å². The molecule has 1 aromatic rings. The summed E-state index contributed by atoms with van der Waals surface area (Å²) < 4.78 is 13.3. The van der Waals surface area contributed by atoms with Crippen molar-refractivity contribution >= 4 is 21.9 Å². The molecular formula is C13H18BrNO3. The summed E-state index contributed by atoms with van der Waals surface area (Å²) in [6, 6.07) is 2.02. The summed E-state index contributed by atoms with van der Waals surface area (Å²) in [5, 5.41) is 0. The molecule has 4 nitrogen and oxygen atoms in total. The maximum Gasteiger partial charge on any atom is 0.355 e. The van der Waals surface area contributed by atoms with E-state index in [0.717, 1.165) is 4.47 Å². The van der Waals surface area contributed by atoms with Crippen LogP contribution in [-0.4, -0.2) is 30.4 Å². The van der Waals surface area contributed by atoms with E-state index >= 15 is 0 Å². The topological polar surface area (TPSA) is 40.5 Å². The fraction of sp³-hybridized carbons (Fsp3) is 0.615. The van der Waals surface area contributed by atoms with E-state index in [0.29, 0.717) is 25.5 Å². The summed E-state index contributed by atoms with van der Waals surface area (Å²) in [6.45, 7) is 7.85. The van der Waals surface area contributed by atoms with E-state index in [4.69, 9.17) is 9.47 Å². The first-order valence-corrected chi connectivity index (χ1v) is 6.83. The van der Waals surface area contributed by atoms with Gasteiger partial charge in [-0.1, -0.05) is 6.92 Å². The van der Waals surface area contributed by atoms with E-state index in [1.54, 1.807) is 6.07 Å². The molecule has 2 rings (SSSR count). The van der Waals surface area contributed by atoms with Crippen LogP contribution in [0.15, 0.2) is 16.7 Å². The first-order valence-electron chi connectivity index (χ1n) is 6.03. The zero-order chi connectivity index (χ0) is 13.3. The van der Waals surface area contributed by atoms with Crippen LogP contribution in [-0.2, 0) is 9.47 Å². The predicted octanol–water partition coefficient (Wildman–Crippen LogP) is 3.02. The number of halogens is 1. The normalized spacial score (nSPS) is 17.6. The van der Waals surface area contributed by atoms with Gasteiger partial charge in [0, 0.05) is 22.1 Å². The molecule has 0 atom stereocenters. The summed E-state index contributed by atoms with van der Waals surface area (Å²) in [6.07, 6.45) is 1.90. The van der Waals surface area contributed by atoms with Gasteiger partial charge in [0.1, 0.15) is 12.3 Å². The van der Waals surface area contributed by atoms with E-state index in [1.807, 2.05) is 24.6 Å². The molecule has 1 aliphatic heterocycles. The molecule has 2 heterocycles. The molecule has 0 saturated carbocycles. The lowest BCUT2D eigenvalue weighted by atomic mass is 9.90. The zero-order valence-electron chi connectivity index (χ0n) is 10.9. The summed E-state index contributed by atoms with van der Waals surface area (Å²) in [7, 11) is 0. The van der Waals surface area contributed by atoms with Gasteiger partial charge in [0.15, 0.2) is 0 Å². The van der Waals surface area contributed by atoms with Crippen molar-refractivity contribution < 1.29 is 14.3 Å². The summed E-state index contributed by atoms with van der Waals surface area (Å²) in [4.78, 5) is 12.1. The molecular weight excluding hydrogens is 298 g/mol. The average molecular weight is 316 g/mol. The zero-order valence-corrected chi connectivity index (χ0v) is 12.5. The van der Waals surface area contributed by atoms with Crippen molar-refractivity contribution in [2.45, 2.75) is 26.8 Å². The van der Waals surface area contributed by atoms with Crippen LogP contribution in [0.1, 0.15) is 37.3 Å². The van der Waals surface area contributed by atoms with E-state index in [-0.39, 0.29) is 17.4 Å². The highest BCUT2D eigenvalue weighted by Crippen LogP contribution is 2.27. The second-order valence-corrected chi connectivity index (χ2v) is 6.34. The minimum Gasteiger partial charge on any atom is -0.460 e. The Morgan fingerprint density at radius 2 is 2.28 bits per heavy atom. The van der Waals surface area contributed by atoms with Gasteiger partial charge in [-0.25, -0.2) is 4.79 Å². The third kappa shape index (κ3) is 2.78. The first kappa shape index (κ1) is 13.6. The Bertz CT molecular complexity index is 449. The third-order valence-electron chi connectivity index (χ3n) is 3.03. The number of aromatic nitrogens is 1. The summed E-state index contributed by atoms with van der Waals surface area (Å²) in [5.74, 6) is -0.275. The smallest absolute Gasteiger partial charge is 0.355 e. The number of carbonyl (C=O) groups excluding carboxylic acids is 1. The van der Waals surface area contributed by atoms with Gasteiger partial charge in [-0.3, -0.25) is 0 Å². The van der Waals surface area contributed by atoms with Crippen LogP contribution >= 0.6 is 15.9 Å². The monoisotopic (exact) mass is 315 g/mol. The quantitative estimate of drug-likeness (QED) is 0.802. The average Bonchev–Trinajstić information content (AvgIpc) is 2.66. The highest BCUT2D eigenvalue weighted by molar-refractivity contribution is 9.10. The van der Waals surface area contributed by atoms with Crippen LogP contribution in [0.3, 0.4) is 0 Å². The molecule has 1 aromatic heterocycles. The van der Waals surface area contributed by atoms with Crippen molar-refractivity contribution in [3.05, 3.63) is 22.4 Å². The molecule has 1 fully saturated rings. The highest BCUT2D eigenvalue weighted by Gasteiger charge is 2.35. The second-order valence-electron chi connectivity index (χ2n) is 5.42. The molecule has 1 saturated heterocycles. The van der Waals surface area contributed by atoms with Crippen LogP contribution < -0.4 is 0 Å². The summed E-state index contributed by atoms with van der Waals surface area (Å²) >= 11 is 3.39. The molecule has 0 unspecified atom stereocenters. The third-order valence-corrected chi connectivity index (χ3v) is 3.47. The Morgan fingerprint density at radius 3 is 2.78 bits per heavy atom. The number of hydrogen-bond donors (Lipinski definition) is 0. The Balaban J connectivity index is 2.04. The molecule has 0 N–H and O–H groups in total. The Hall–Kier alpha value is -0.810. The number of rotatable bonds is 4. The minimum atomic E-state index is -0.275. The van der Waals surface area contributed by atoms with Crippen molar-refractivity contribution in [1.29, 1.82) is 0 Å². The van der Waals surface area contributed by atoms with Crippen LogP contribution in [0.25, 0.3) is 0 Å². The standard InChI is InChI=1S/C13H18BrNO3/c1-9(2)15-5-10(14)4-11(15)12(16)18-8-13(3)6-17-7-13/h4-5,9H,6-8H2,1-3H3. The number of hydrogen-bond acceptors (Lipinski definition) is 3. The van der Waals surface area contributed by atoms with E-state index < -0.39 is 0 Å². The minimum absolute atomic E-state index is 0.0118. The lowest BCUT2D eigenvalue weighted by Crippen LogP contribution is -2.44.